The molecule has 2 aromatic carbocycles. The maximum atomic E-state index is 11.2. The minimum absolute atomic E-state index is 0.418. The summed E-state index contributed by atoms with van der Waals surface area (Å²) in [6.07, 6.45) is 0. The van der Waals surface area contributed by atoms with E-state index in [0.717, 1.165) is 20.8 Å². The molecule has 2 nitrogen and oxygen atoms in total. The molecule has 16 heavy (non-hydrogen) atoms. The number of rotatable bonds is 1. The summed E-state index contributed by atoms with van der Waals surface area (Å²) in [7, 11) is 0. The molecule has 0 radical (unpaired) electrons. The summed E-state index contributed by atoms with van der Waals surface area (Å²) in [6, 6.07) is 7.43. The van der Waals surface area contributed by atoms with Gasteiger partial charge >= 0.3 is 0 Å². The first-order valence-electron chi connectivity index (χ1n) is 4.68. The third-order valence-corrected chi connectivity index (χ3v) is 3.69. The zero-order valence-corrected chi connectivity index (χ0v) is 10.9. The molecule has 2 rings (SSSR count). The first kappa shape index (κ1) is 11.4. The molecule has 1 amide bonds. The van der Waals surface area contributed by atoms with Crippen molar-refractivity contribution in [3.05, 3.63) is 44.9 Å². The van der Waals surface area contributed by atoms with Gasteiger partial charge in [-0.25, -0.2) is 0 Å². The topological polar surface area (TPSA) is 43.1 Å². The average molecular weight is 299 g/mol. The van der Waals surface area contributed by atoms with Crippen molar-refractivity contribution in [2.24, 2.45) is 5.73 Å². The third kappa shape index (κ3) is 1.93. The molecule has 0 heterocycles. The maximum absolute atomic E-state index is 11.2. The second kappa shape index (κ2) is 4.07. The highest BCUT2D eigenvalue weighted by molar-refractivity contribution is 9.10. The molecular formula is C12H9BrClNO. The summed E-state index contributed by atoms with van der Waals surface area (Å²) < 4.78 is 0.841. The zero-order valence-electron chi connectivity index (χ0n) is 8.55. The van der Waals surface area contributed by atoms with Gasteiger partial charge in [-0.2, -0.15) is 0 Å². The Morgan fingerprint density at radius 1 is 1.25 bits per heavy atom. The van der Waals surface area contributed by atoms with Crippen molar-refractivity contribution in [3.8, 4) is 0 Å². The van der Waals surface area contributed by atoms with Crippen molar-refractivity contribution in [3.63, 3.8) is 0 Å². The highest BCUT2D eigenvalue weighted by Crippen LogP contribution is 2.29. The van der Waals surface area contributed by atoms with Gasteiger partial charge in [0.05, 0.1) is 5.02 Å². The molecular weight excluding hydrogens is 289 g/mol. The van der Waals surface area contributed by atoms with Crippen LogP contribution in [-0.2, 0) is 0 Å². The summed E-state index contributed by atoms with van der Waals surface area (Å²) in [5.41, 5.74) is 6.70. The summed E-state index contributed by atoms with van der Waals surface area (Å²) in [4.78, 5) is 11.2. The SMILES string of the molecule is Cc1cc2cc(Br)c(Cl)cc2cc1C(N)=O. The van der Waals surface area contributed by atoms with Crippen LogP contribution in [0.5, 0.6) is 0 Å². The molecule has 82 valence electrons. The van der Waals surface area contributed by atoms with E-state index in [2.05, 4.69) is 15.9 Å². The van der Waals surface area contributed by atoms with Gasteiger partial charge in [0, 0.05) is 10.0 Å². The summed E-state index contributed by atoms with van der Waals surface area (Å²) in [5, 5.41) is 2.55. The van der Waals surface area contributed by atoms with Gasteiger partial charge in [-0.05, 0) is 57.4 Å². The molecule has 0 spiro atoms. The molecule has 2 N–H and O–H groups in total. The number of amides is 1. The normalized spacial score (nSPS) is 10.7. The van der Waals surface area contributed by atoms with E-state index < -0.39 is 5.91 Å². The van der Waals surface area contributed by atoms with Crippen molar-refractivity contribution in [2.45, 2.75) is 6.92 Å². The van der Waals surface area contributed by atoms with Gasteiger partial charge in [-0.15, -0.1) is 0 Å². The van der Waals surface area contributed by atoms with Crippen LogP contribution >= 0.6 is 27.5 Å². The standard InChI is InChI=1S/C12H9BrClNO/c1-6-2-7-4-10(13)11(14)5-8(7)3-9(6)12(15)16/h2-5H,1H3,(H2,15,16). The van der Waals surface area contributed by atoms with Gasteiger partial charge in [-0.1, -0.05) is 17.7 Å². The predicted octanol–water partition coefficient (Wildman–Crippen LogP) is 3.66. The number of carbonyl (C=O) groups excluding carboxylic acids is 1. The Kier molecular flexibility index (Phi) is 2.91. The molecule has 0 saturated heterocycles. The number of carbonyl (C=O) groups is 1. The van der Waals surface area contributed by atoms with Crippen molar-refractivity contribution in [1.29, 1.82) is 0 Å². The van der Waals surface area contributed by atoms with Gasteiger partial charge in [0.2, 0.25) is 5.91 Å². The Morgan fingerprint density at radius 2 is 1.88 bits per heavy atom. The number of fused-ring (bicyclic) bond motifs is 1. The first-order valence-corrected chi connectivity index (χ1v) is 5.85. The van der Waals surface area contributed by atoms with Crippen LogP contribution in [0.15, 0.2) is 28.7 Å². The summed E-state index contributed by atoms with van der Waals surface area (Å²) in [6.45, 7) is 1.86. The van der Waals surface area contributed by atoms with E-state index in [1.807, 2.05) is 25.1 Å². The Labute approximate surface area is 107 Å². The van der Waals surface area contributed by atoms with Gasteiger partial charge in [0.1, 0.15) is 0 Å². The monoisotopic (exact) mass is 297 g/mol. The van der Waals surface area contributed by atoms with Crippen LogP contribution in [0.25, 0.3) is 10.8 Å². The van der Waals surface area contributed by atoms with Crippen LogP contribution < -0.4 is 5.73 Å². The lowest BCUT2D eigenvalue weighted by Gasteiger charge is -2.06. The number of hydrogen-bond acceptors (Lipinski definition) is 1. The van der Waals surface area contributed by atoms with E-state index in [9.17, 15) is 4.79 Å². The van der Waals surface area contributed by atoms with Crippen LogP contribution in [0.3, 0.4) is 0 Å². The van der Waals surface area contributed by atoms with Crippen LogP contribution in [0.2, 0.25) is 5.02 Å². The maximum Gasteiger partial charge on any atom is 0.248 e. The van der Waals surface area contributed by atoms with Crippen molar-refractivity contribution < 1.29 is 4.79 Å². The fourth-order valence-corrected chi connectivity index (χ4v) is 2.21. The second-order valence-electron chi connectivity index (χ2n) is 3.64. The minimum atomic E-state index is -0.418. The fraction of sp³-hybridized carbons (Fsp3) is 0.0833. The molecule has 0 aliphatic rings. The van der Waals surface area contributed by atoms with E-state index in [-0.39, 0.29) is 0 Å². The molecule has 4 heteroatoms. The lowest BCUT2D eigenvalue weighted by molar-refractivity contribution is 0.1000. The first-order chi connectivity index (χ1) is 7.49. The Hall–Kier alpha value is -1.06. The van der Waals surface area contributed by atoms with E-state index in [0.29, 0.717) is 10.6 Å². The molecule has 0 bridgehead atoms. The molecule has 2 aromatic rings. The highest BCUT2D eigenvalue weighted by Gasteiger charge is 2.08. The van der Waals surface area contributed by atoms with Gasteiger partial charge in [0.25, 0.3) is 0 Å². The number of nitrogens with two attached hydrogens (primary N) is 1. The highest BCUT2D eigenvalue weighted by atomic mass is 79.9. The number of aryl methyl sites for hydroxylation is 1. The predicted molar refractivity (Wildman–Crippen MR) is 69.9 cm³/mol. The number of benzene rings is 2. The second-order valence-corrected chi connectivity index (χ2v) is 4.91. The average Bonchev–Trinajstić information content (AvgIpc) is 2.19. The van der Waals surface area contributed by atoms with Crippen molar-refractivity contribution >= 4 is 44.2 Å². The van der Waals surface area contributed by atoms with Crippen molar-refractivity contribution in [1.82, 2.24) is 0 Å². The van der Waals surface area contributed by atoms with E-state index in [1.54, 1.807) is 6.07 Å². The zero-order chi connectivity index (χ0) is 11.9. The summed E-state index contributed by atoms with van der Waals surface area (Å²) in [5.74, 6) is -0.418. The van der Waals surface area contributed by atoms with E-state index in [1.165, 1.54) is 0 Å². The molecule has 0 aromatic heterocycles. The molecule has 0 fully saturated rings. The van der Waals surface area contributed by atoms with Crippen LogP contribution in [-0.4, -0.2) is 5.91 Å². The molecule has 0 aliphatic heterocycles. The molecule has 0 aliphatic carbocycles. The molecule has 0 saturated carbocycles. The Morgan fingerprint density at radius 3 is 2.50 bits per heavy atom. The van der Waals surface area contributed by atoms with Crippen LogP contribution in [0.4, 0.5) is 0 Å². The molecule has 0 unspecified atom stereocenters. The third-order valence-electron chi connectivity index (χ3n) is 2.49. The van der Waals surface area contributed by atoms with E-state index in [4.69, 9.17) is 17.3 Å². The summed E-state index contributed by atoms with van der Waals surface area (Å²) >= 11 is 9.36. The van der Waals surface area contributed by atoms with Gasteiger partial charge in [0.15, 0.2) is 0 Å². The quantitative estimate of drug-likeness (QED) is 0.858. The van der Waals surface area contributed by atoms with Crippen LogP contribution in [0.1, 0.15) is 15.9 Å². The lowest BCUT2D eigenvalue weighted by Crippen LogP contribution is -2.12. The van der Waals surface area contributed by atoms with Crippen LogP contribution in [0, 0.1) is 6.92 Å². The Balaban J connectivity index is 2.79. The largest absolute Gasteiger partial charge is 0.366 e. The molecule has 0 atom stereocenters. The van der Waals surface area contributed by atoms with Gasteiger partial charge in [-0.3, -0.25) is 4.79 Å². The fourth-order valence-electron chi connectivity index (χ4n) is 1.67. The minimum Gasteiger partial charge on any atom is -0.366 e. The smallest absolute Gasteiger partial charge is 0.248 e. The van der Waals surface area contributed by atoms with Gasteiger partial charge < -0.3 is 5.73 Å². The van der Waals surface area contributed by atoms with E-state index >= 15 is 0 Å². The number of halogens is 2. The number of primary amides is 1. The number of hydrogen-bond donors (Lipinski definition) is 1. The van der Waals surface area contributed by atoms with Crippen molar-refractivity contribution in [2.75, 3.05) is 0 Å². The lowest BCUT2D eigenvalue weighted by atomic mass is 10.0. The Bertz CT molecular complexity index is 595.